The number of aromatic amines is 1. The van der Waals surface area contributed by atoms with Crippen LogP contribution in [0.15, 0.2) is 30.5 Å². The maximum atomic E-state index is 13.2. The molecular formula is C13H10FN3O. The Bertz CT molecular complexity index is 742. The average Bonchev–Trinajstić information content (AvgIpc) is 2.94. The predicted molar refractivity (Wildman–Crippen MR) is 65.8 cm³/mol. The Hall–Kier alpha value is -2.43. The molecule has 0 aliphatic carbocycles. The Morgan fingerprint density at radius 1 is 1.39 bits per heavy atom. The Morgan fingerprint density at radius 3 is 3.00 bits per heavy atom. The monoisotopic (exact) mass is 243 g/mol. The van der Waals surface area contributed by atoms with Crippen molar-refractivity contribution in [2.45, 2.75) is 0 Å². The SMILES string of the molecule is Cn1c(-c2[nH]ncc2C=O)cc2ccc(F)cc21. The van der Waals surface area contributed by atoms with Crippen LogP contribution in [0.3, 0.4) is 0 Å². The van der Waals surface area contributed by atoms with E-state index in [1.165, 1.54) is 18.3 Å². The molecule has 90 valence electrons. The molecule has 1 aromatic carbocycles. The van der Waals surface area contributed by atoms with Gasteiger partial charge in [0.25, 0.3) is 0 Å². The molecule has 2 aromatic heterocycles. The molecule has 0 amide bonds. The standard InChI is InChI=1S/C13H10FN3O/c1-17-11-5-10(14)3-2-8(11)4-12(17)13-9(7-18)6-15-16-13/h2-7H,1H3,(H,15,16). The van der Waals surface area contributed by atoms with Gasteiger partial charge in [-0.15, -0.1) is 0 Å². The van der Waals surface area contributed by atoms with Crippen LogP contribution in [-0.2, 0) is 7.05 Å². The summed E-state index contributed by atoms with van der Waals surface area (Å²) >= 11 is 0. The van der Waals surface area contributed by atoms with Gasteiger partial charge in [-0.25, -0.2) is 4.39 Å². The molecule has 4 nitrogen and oxygen atoms in total. The van der Waals surface area contributed by atoms with Gasteiger partial charge in [0.2, 0.25) is 0 Å². The number of aromatic nitrogens is 3. The molecule has 1 N–H and O–H groups in total. The summed E-state index contributed by atoms with van der Waals surface area (Å²) in [5.41, 5.74) is 2.71. The fraction of sp³-hybridized carbons (Fsp3) is 0.0769. The number of aldehydes is 1. The van der Waals surface area contributed by atoms with Crippen LogP contribution < -0.4 is 0 Å². The second-order valence-electron chi connectivity index (χ2n) is 4.11. The number of hydrogen-bond donors (Lipinski definition) is 1. The average molecular weight is 243 g/mol. The number of H-pyrrole nitrogens is 1. The normalized spacial score (nSPS) is 11.0. The number of carbonyl (C=O) groups excluding carboxylic acids is 1. The summed E-state index contributed by atoms with van der Waals surface area (Å²) in [6.45, 7) is 0. The first-order valence-electron chi connectivity index (χ1n) is 5.44. The van der Waals surface area contributed by atoms with Crippen LogP contribution in [0.2, 0.25) is 0 Å². The maximum absolute atomic E-state index is 13.2. The van der Waals surface area contributed by atoms with Gasteiger partial charge >= 0.3 is 0 Å². The van der Waals surface area contributed by atoms with Gasteiger partial charge in [-0.05, 0) is 24.3 Å². The van der Waals surface area contributed by atoms with Crippen LogP contribution in [0.4, 0.5) is 4.39 Å². The van der Waals surface area contributed by atoms with Gasteiger partial charge in [-0.2, -0.15) is 5.10 Å². The van der Waals surface area contributed by atoms with E-state index in [9.17, 15) is 9.18 Å². The Morgan fingerprint density at radius 2 is 2.22 bits per heavy atom. The number of halogens is 1. The first-order valence-corrected chi connectivity index (χ1v) is 5.44. The number of nitrogens with one attached hydrogen (secondary N) is 1. The quantitative estimate of drug-likeness (QED) is 0.703. The second-order valence-corrected chi connectivity index (χ2v) is 4.11. The van der Waals surface area contributed by atoms with Crippen LogP contribution in [0, 0.1) is 5.82 Å². The van der Waals surface area contributed by atoms with Crippen molar-refractivity contribution in [1.82, 2.24) is 14.8 Å². The molecule has 3 aromatic rings. The highest BCUT2D eigenvalue weighted by Crippen LogP contribution is 2.27. The minimum atomic E-state index is -0.282. The van der Waals surface area contributed by atoms with E-state index in [0.29, 0.717) is 11.3 Å². The minimum absolute atomic E-state index is 0.282. The number of hydrogen-bond acceptors (Lipinski definition) is 2. The zero-order chi connectivity index (χ0) is 12.7. The van der Waals surface area contributed by atoms with E-state index in [1.54, 1.807) is 6.07 Å². The number of benzene rings is 1. The molecule has 0 atom stereocenters. The summed E-state index contributed by atoms with van der Waals surface area (Å²) in [6, 6.07) is 6.50. The van der Waals surface area contributed by atoms with Gasteiger partial charge in [-0.3, -0.25) is 9.89 Å². The molecule has 0 aliphatic rings. The fourth-order valence-corrected chi connectivity index (χ4v) is 2.13. The molecule has 0 saturated heterocycles. The van der Waals surface area contributed by atoms with Crippen LogP contribution in [0.25, 0.3) is 22.3 Å². The van der Waals surface area contributed by atoms with Crippen LogP contribution in [-0.4, -0.2) is 21.1 Å². The van der Waals surface area contributed by atoms with E-state index in [-0.39, 0.29) is 5.82 Å². The number of nitrogens with zero attached hydrogens (tertiary/aromatic N) is 2. The van der Waals surface area contributed by atoms with Crippen molar-refractivity contribution >= 4 is 17.2 Å². The summed E-state index contributed by atoms with van der Waals surface area (Å²) in [5, 5.41) is 7.57. The Labute approximate surface area is 102 Å². The summed E-state index contributed by atoms with van der Waals surface area (Å²) in [6.07, 6.45) is 2.22. The highest BCUT2D eigenvalue weighted by atomic mass is 19.1. The topological polar surface area (TPSA) is 50.7 Å². The van der Waals surface area contributed by atoms with E-state index in [4.69, 9.17) is 0 Å². The lowest BCUT2D eigenvalue weighted by Crippen LogP contribution is -1.94. The molecule has 0 bridgehead atoms. The highest BCUT2D eigenvalue weighted by molar-refractivity contribution is 5.91. The first kappa shape index (κ1) is 10.7. The van der Waals surface area contributed by atoms with E-state index in [0.717, 1.165) is 22.9 Å². The zero-order valence-corrected chi connectivity index (χ0v) is 9.64. The molecule has 5 heteroatoms. The highest BCUT2D eigenvalue weighted by Gasteiger charge is 2.13. The molecule has 3 rings (SSSR count). The molecule has 18 heavy (non-hydrogen) atoms. The van der Waals surface area contributed by atoms with E-state index >= 15 is 0 Å². The smallest absolute Gasteiger partial charge is 0.153 e. The lowest BCUT2D eigenvalue weighted by Gasteiger charge is -2.02. The van der Waals surface area contributed by atoms with E-state index < -0.39 is 0 Å². The summed E-state index contributed by atoms with van der Waals surface area (Å²) in [5.74, 6) is -0.282. The van der Waals surface area contributed by atoms with Gasteiger partial charge in [0, 0.05) is 12.4 Å². The van der Waals surface area contributed by atoms with Crippen molar-refractivity contribution in [1.29, 1.82) is 0 Å². The van der Waals surface area contributed by atoms with Crippen molar-refractivity contribution in [3.63, 3.8) is 0 Å². The van der Waals surface area contributed by atoms with Crippen LogP contribution in [0.5, 0.6) is 0 Å². The Balaban J connectivity index is 2.30. The van der Waals surface area contributed by atoms with Gasteiger partial charge < -0.3 is 4.57 Å². The molecule has 0 spiro atoms. The van der Waals surface area contributed by atoms with Gasteiger partial charge in [0.05, 0.1) is 28.7 Å². The number of fused-ring (bicyclic) bond motifs is 1. The summed E-state index contributed by atoms with van der Waals surface area (Å²) < 4.78 is 15.1. The molecule has 0 aliphatic heterocycles. The largest absolute Gasteiger partial charge is 0.342 e. The van der Waals surface area contributed by atoms with E-state index in [2.05, 4.69) is 10.2 Å². The van der Waals surface area contributed by atoms with Crippen molar-refractivity contribution in [2.75, 3.05) is 0 Å². The van der Waals surface area contributed by atoms with Gasteiger partial charge in [-0.1, -0.05) is 0 Å². The van der Waals surface area contributed by atoms with Crippen molar-refractivity contribution < 1.29 is 9.18 Å². The molecule has 2 heterocycles. The third kappa shape index (κ3) is 1.44. The van der Waals surface area contributed by atoms with Crippen molar-refractivity contribution in [2.24, 2.45) is 7.05 Å². The van der Waals surface area contributed by atoms with Crippen LogP contribution >= 0.6 is 0 Å². The van der Waals surface area contributed by atoms with Crippen molar-refractivity contribution in [3.8, 4) is 11.4 Å². The van der Waals surface area contributed by atoms with Crippen LogP contribution in [0.1, 0.15) is 10.4 Å². The molecule has 0 fully saturated rings. The van der Waals surface area contributed by atoms with Crippen molar-refractivity contribution in [3.05, 3.63) is 41.8 Å². The third-order valence-corrected chi connectivity index (χ3v) is 3.06. The third-order valence-electron chi connectivity index (χ3n) is 3.06. The van der Waals surface area contributed by atoms with Gasteiger partial charge in [0.1, 0.15) is 5.82 Å². The van der Waals surface area contributed by atoms with Gasteiger partial charge in [0.15, 0.2) is 6.29 Å². The fourth-order valence-electron chi connectivity index (χ4n) is 2.13. The zero-order valence-electron chi connectivity index (χ0n) is 9.64. The minimum Gasteiger partial charge on any atom is -0.342 e. The molecular weight excluding hydrogens is 233 g/mol. The summed E-state index contributed by atoms with van der Waals surface area (Å²) in [4.78, 5) is 10.9. The molecule has 0 radical (unpaired) electrons. The summed E-state index contributed by atoms with van der Waals surface area (Å²) in [7, 11) is 1.83. The second kappa shape index (κ2) is 3.80. The maximum Gasteiger partial charge on any atom is 0.153 e. The lowest BCUT2D eigenvalue weighted by atomic mass is 10.2. The van der Waals surface area contributed by atoms with E-state index in [1.807, 2.05) is 17.7 Å². The lowest BCUT2D eigenvalue weighted by molar-refractivity contribution is 0.112. The molecule has 0 saturated carbocycles. The first-order chi connectivity index (χ1) is 8.70. The number of rotatable bonds is 2. The predicted octanol–water partition coefficient (Wildman–Crippen LogP) is 2.52. The number of aryl methyl sites for hydroxylation is 1. The Kier molecular flexibility index (Phi) is 2.26. The number of carbonyl (C=O) groups is 1. The molecule has 0 unspecified atom stereocenters.